The van der Waals surface area contributed by atoms with Gasteiger partial charge in [-0.25, -0.2) is 0 Å². The highest BCUT2D eigenvalue weighted by Gasteiger charge is 2.42. The van der Waals surface area contributed by atoms with Crippen LogP contribution < -0.4 is 5.73 Å². The summed E-state index contributed by atoms with van der Waals surface area (Å²) in [6.45, 7) is 9.55. The van der Waals surface area contributed by atoms with Crippen molar-refractivity contribution in [2.45, 2.75) is 91.0 Å². The second kappa shape index (κ2) is 5.76. The fourth-order valence-corrected chi connectivity index (χ4v) is 4.61. The molecular weight excluding hydrogens is 230 g/mol. The summed E-state index contributed by atoms with van der Waals surface area (Å²) in [6.07, 6.45) is 12.3. The van der Waals surface area contributed by atoms with Crippen molar-refractivity contribution < 1.29 is 0 Å². The van der Waals surface area contributed by atoms with Crippen LogP contribution in [0.5, 0.6) is 0 Å². The first-order chi connectivity index (χ1) is 8.85. The van der Waals surface area contributed by atoms with E-state index in [1.54, 1.807) is 0 Å². The molecule has 0 radical (unpaired) electrons. The maximum Gasteiger partial charge on any atom is 0.0183 e. The Kier molecular flexibility index (Phi) is 4.65. The zero-order valence-corrected chi connectivity index (χ0v) is 13.7. The Balaban J connectivity index is 1.94. The molecule has 0 aromatic heterocycles. The summed E-state index contributed by atoms with van der Waals surface area (Å²) >= 11 is 0. The molecule has 1 nitrogen and oxygen atoms in total. The summed E-state index contributed by atoms with van der Waals surface area (Å²) < 4.78 is 0. The van der Waals surface area contributed by atoms with Crippen LogP contribution in [0.3, 0.4) is 0 Å². The molecule has 2 unspecified atom stereocenters. The van der Waals surface area contributed by atoms with Gasteiger partial charge >= 0.3 is 0 Å². The van der Waals surface area contributed by atoms with Crippen LogP contribution in [-0.4, -0.2) is 5.54 Å². The van der Waals surface area contributed by atoms with Gasteiger partial charge < -0.3 is 5.73 Å². The van der Waals surface area contributed by atoms with Crippen molar-refractivity contribution in [1.82, 2.24) is 0 Å². The molecule has 0 aromatic carbocycles. The average molecular weight is 265 g/mol. The van der Waals surface area contributed by atoms with Crippen LogP contribution in [0, 0.1) is 23.2 Å². The molecule has 2 N–H and O–H groups in total. The number of rotatable bonds is 2. The topological polar surface area (TPSA) is 26.0 Å². The maximum absolute atomic E-state index is 6.86. The fraction of sp³-hybridized carbons (Fsp3) is 1.00. The first kappa shape index (κ1) is 15.4. The van der Waals surface area contributed by atoms with Crippen molar-refractivity contribution in [3.05, 3.63) is 0 Å². The lowest BCUT2D eigenvalue weighted by molar-refractivity contribution is 0.0732. The molecule has 0 bridgehead atoms. The van der Waals surface area contributed by atoms with Crippen molar-refractivity contribution in [2.75, 3.05) is 0 Å². The molecule has 112 valence electrons. The van der Waals surface area contributed by atoms with Gasteiger partial charge in [0, 0.05) is 5.54 Å². The van der Waals surface area contributed by atoms with Crippen LogP contribution in [0.2, 0.25) is 0 Å². The van der Waals surface area contributed by atoms with Gasteiger partial charge in [0.15, 0.2) is 0 Å². The van der Waals surface area contributed by atoms with E-state index in [0.29, 0.717) is 5.41 Å². The molecule has 0 aliphatic heterocycles. The van der Waals surface area contributed by atoms with Crippen molar-refractivity contribution >= 4 is 0 Å². The predicted molar refractivity (Wildman–Crippen MR) is 84.1 cm³/mol. The van der Waals surface area contributed by atoms with E-state index in [4.69, 9.17) is 5.73 Å². The third kappa shape index (κ3) is 3.54. The normalized spacial score (nSPS) is 41.2. The van der Waals surface area contributed by atoms with Gasteiger partial charge in [0.1, 0.15) is 0 Å². The average Bonchev–Trinajstić information content (AvgIpc) is 2.38. The molecule has 0 amide bonds. The van der Waals surface area contributed by atoms with Gasteiger partial charge in [-0.15, -0.1) is 0 Å². The molecule has 0 heterocycles. The Labute approximate surface area is 120 Å². The zero-order valence-electron chi connectivity index (χ0n) is 13.7. The van der Waals surface area contributed by atoms with E-state index >= 15 is 0 Å². The molecule has 0 saturated heterocycles. The Morgan fingerprint density at radius 1 is 1.05 bits per heavy atom. The molecule has 19 heavy (non-hydrogen) atoms. The Morgan fingerprint density at radius 2 is 1.68 bits per heavy atom. The second-order valence-corrected chi connectivity index (χ2v) is 8.51. The molecule has 2 rings (SSSR count). The summed E-state index contributed by atoms with van der Waals surface area (Å²) in [5.41, 5.74) is 7.50. The third-order valence-corrected chi connectivity index (χ3v) is 6.31. The van der Waals surface area contributed by atoms with Crippen LogP contribution in [0.15, 0.2) is 0 Å². The van der Waals surface area contributed by atoms with Gasteiger partial charge in [-0.3, -0.25) is 0 Å². The fourth-order valence-electron chi connectivity index (χ4n) is 4.61. The lowest BCUT2D eigenvalue weighted by atomic mass is 9.61. The summed E-state index contributed by atoms with van der Waals surface area (Å²) in [5.74, 6) is 2.65. The lowest BCUT2D eigenvalue weighted by Crippen LogP contribution is -2.52. The van der Waals surface area contributed by atoms with Crippen LogP contribution >= 0.6 is 0 Å². The molecule has 1 heteroatoms. The Morgan fingerprint density at radius 3 is 2.21 bits per heavy atom. The zero-order chi connectivity index (χ0) is 14.1. The minimum absolute atomic E-state index is 0.176. The van der Waals surface area contributed by atoms with Gasteiger partial charge in [0.05, 0.1) is 0 Å². The molecule has 2 atom stereocenters. The quantitative estimate of drug-likeness (QED) is 0.735. The van der Waals surface area contributed by atoms with Gasteiger partial charge in [-0.1, -0.05) is 47.0 Å². The Hall–Kier alpha value is -0.0400. The van der Waals surface area contributed by atoms with E-state index in [1.165, 1.54) is 57.8 Å². The van der Waals surface area contributed by atoms with E-state index in [-0.39, 0.29) is 5.54 Å². The smallest absolute Gasteiger partial charge is 0.0183 e. The number of hydrogen-bond donors (Lipinski definition) is 1. The molecule has 2 aliphatic carbocycles. The lowest BCUT2D eigenvalue weighted by Gasteiger charge is -2.48. The molecule has 0 aromatic rings. The van der Waals surface area contributed by atoms with E-state index in [0.717, 1.165) is 17.8 Å². The monoisotopic (exact) mass is 265 g/mol. The highest BCUT2D eigenvalue weighted by molar-refractivity contribution is 4.98. The summed E-state index contributed by atoms with van der Waals surface area (Å²) in [7, 11) is 0. The van der Waals surface area contributed by atoms with E-state index < -0.39 is 0 Å². The molecule has 2 fully saturated rings. The molecule has 2 aliphatic rings. The Bertz CT molecular complexity index is 281. The highest BCUT2D eigenvalue weighted by Crippen LogP contribution is 2.47. The second-order valence-electron chi connectivity index (χ2n) is 8.51. The van der Waals surface area contributed by atoms with Crippen molar-refractivity contribution in [1.29, 1.82) is 0 Å². The standard InChI is InChI=1S/C18H35N/c1-5-14-7-6-8-16(13-14)18(19)11-9-15(10-12-18)17(2,3)4/h14-16H,5-13,19H2,1-4H3. The summed E-state index contributed by atoms with van der Waals surface area (Å²) in [5, 5.41) is 0. The minimum atomic E-state index is 0.176. The molecule has 2 saturated carbocycles. The number of hydrogen-bond acceptors (Lipinski definition) is 1. The SMILES string of the molecule is CCC1CCCC(C2(N)CCC(C(C)(C)C)CC2)C1. The van der Waals surface area contributed by atoms with Crippen molar-refractivity contribution in [2.24, 2.45) is 28.9 Å². The van der Waals surface area contributed by atoms with E-state index in [9.17, 15) is 0 Å². The highest BCUT2D eigenvalue weighted by atomic mass is 14.8. The maximum atomic E-state index is 6.86. The van der Waals surface area contributed by atoms with Crippen molar-refractivity contribution in [3.8, 4) is 0 Å². The van der Waals surface area contributed by atoms with Gasteiger partial charge in [0.25, 0.3) is 0 Å². The minimum Gasteiger partial charge on any atom is -0.325 e. The van der Waals surface area contributed by atoms with Crippen LogP contribution in [0.4, 0.5) is 0 Å². The molecular formula is C18H35N. The van der Waals surface area contributed by atoms with E-state index in [2.05, 4.69) is 27.7 Å². The predicted octanol–water partition coefficient (Wildman–Crippen LogP) is 5.14. The van der Waals surface area contributed by atoms with Gasteiger partial charge in [-0.2, -0.15) is 0 Å². The molecule has 0 spiro atoms. The third-order valence-electron chi connectivity index (χ3n) is 6.31. The van der Waals surface area contributed by atoms with Gasteiger partial charge in [0.2, 0.25) is 0 Å². The number of nitrogens with two attached hydrogens (primary N) is 1. The van der Waals surface area contributed by atoms with Crippen LogP contribution in [-0.2, 0) is 0 Å². The van der Waals surface area contributed by atoms with Crippen molar-refractivity contribution in [3.63, 3.8) is 0 Å². The summed E-state index contributed by atoms with van der Waals surface area (Å²) in [6, 6.07) is 0. The van der Waals surface area contributed by atoms with Gasteiger partial charge in [-0.05, 0) is 61.7 Å². The largest absolute Gasteiger partial charge is 0.325 e. The van der Waals surface area contributed by atoms with Crippen LogP contribution in [0.25, 0.3) is 0 Å². The van der Waals surface area contributed by atoms with Crippen LogP contribution in [0.1, 0.15) is 85.5 Å². The van der Waals surface area contributed by atoms with E-state index in [1.807, 2.05) is 0 Å². The first-order valence-electron chi connectivity index (χ1n) is 8.64. The first-order valence-corrected chi connectivity index (χ1v) is 8.64. The summed E-state index contributed by atoms with van der Waals surface area (Å²) in [4.78, 5) is 0.